The maximum absolute atomic E-state index is 13.0. The fourth-order valence-electron chi connectivity index (χ4n) is 4.39. The van der Waals surface area contributed by atoms with E-state index in [2.05, 4.69) is 5.32 Å². The van der Waals surface area contributed by atoms with Crippen molar-refractivity contribution in [3.63, 3.8) is 0 Å². The number of esters is 1. The summed E-state index contributed by atoms with van der Waals surface area (Å²) >= 11 is 0. The van der Waals surface area contributed by atoms with Crippen molar-refractivity contribution in [2.45, 2.75) is 44.6 Å². The first-order chi connectivity index (χ1) is 16.6. The standard InChI is InChI=1S/C27H30N2O5/c1-32-24-14-13-18(15-25(24)33-2)23-16-21(20-11-7-8-12-22(20)29-23)27(31)34-17-26(30)28-19-9-5-3-4-6-10-19/h7-8,11-16,19H,3-6,9-10,17H2,1-2H3,(H,28,30). The van der Waals surface area contributed by atoms with Gasteiger partial charge in [0.05, 0.1) is 31.0 Å². The van der Waals surface area contributed by atoms with E-state index in [4.69, 9.17) is 19.2 Å². The molecule has 1 saturated carbocycles. The predicted octanol–water partition coefficient (Wildman–Crippen LogP) is 4.91. The van der Waals surface area contributed by atoms with E-state index in [0.717, 1.165) is 31.2 Å². The van der Waals surface area contributed by atoms with Crippen molar-refractivity contribution in [1.82, 2.24) is 10.3 Å². The van der Waals surface area contributed by atoms with Crippen molar-refractivity contribution in [2.75, 3.05) is 20.8 Å². The van der Waals surface area contributed by atoms with Gasteiger partial charge in [-0.15, -0.1) is 0 Å². The lowest BCUT2D eigenvalue weighted by Crippen LogP contribution is -2.37. The van der Waals surface area contributed by atoms with Crippen molar-refractivity contribution in [3.05, 3.63) is 54.1 Å². The number of carbonyl (C=O) groups is 2. The third-order valence-corrected chi connectivity index (χ3v) is 6.17. The van der Waals surface area contributed by atoms with E-state index in [-0.39, 0.29) is 18.6 Å². The van der Waals surface area contributed by atoms with Gasteiger partial charge in [0.2, 0.25) is 0 Å². The molecule has 0 atom stereocenters. The molecule has 1 amide bonds. The number of pyridine rings is 1. The summed E-state index contributed by atoms with van der Waals surface area (Å²) in [5, 5.41) is 3.68. The van der Waals surface area contributed by atoms with Crippen LogP contribution in [0.25, 0.3) is 22.2 Å². The first kappa shape index (κ1) is 23.5. The van der Waals surface area contributed by atoms with E-state index in [1.54, 1.807) is 26.4 Å². The molecule has 1 N–H and O–H groups in total. The number of amides is 1. The van der Waals surface area contributed by atoms with Gasteiger partial charge in [0.1, 0.15) is 0 Å². The van der Waals surface area contributed by atoms with Crippen LogP contribution in [0.5, 0.6) is 11.5 Å². The number of carbonyl (C=O) groups excluding carboxylic acids is 2. The molecule has 1 fully saturated rings. The lowest BCUT2D eigenvalue weighted by atomic mass is 10.0. The average molecular weight is 463 g/mol. The Hall–Kier alpha value is -3.61. The van der Waals surface area contributed by atoms with E-state index in [1.807, 2.05) is 36.4 Å². The van der Waals surface area contributed by atoms with Crippen LogP contribution in [0.15, 0.2) is 48.5 Å². The molecule has 7 nitrogen and oxygen atoms in total. The highest BCUT2D eigenvalue weighted by molar-refractivity contribution is 6.05. The average Bonchev–Trinajstić information content (AvgIpc) is 3.14. The summed E-state index contributed by atoms with van der Waals surface area (Å²) in [4.78, 5) is 30.2. The number of aromatic nitrogens is 1. The third kappa shape index (κ3) is 5.47. The molecule has 1 aliphatic carbocycles. The van der Waals surface area contributed by atoms with Crippen LogP contribution in [0.1, 0.15) is 48.9 Å². The van der Waals surface area contributed by atoms with Gasteiger partial charge >= 0.3 is 5.97 Å². The summed E-state index contributed by atoms with van der Waals surface area (Å²) in [7, 11) is 3.14. The number of nitrogens with zero attached hydrogens (tertiary/aromatic N) is 1. The first-order valence-corrected chi connectivity index (χ1v) is 11.7. The Kier molecular flexibility index (Phi) is 7.62. The minimum Gasteiger partial charge on any atom is -0.493 e. The number of methoxy groups -OCH3 is 2. The van der Waals surface area contributed by atoms with Crippen LogP contribution in [-0.2, 0) is 9.53 Å². The molecule has 3 aromatic rings. The number of hydrogen-bond donors (Lipinski definition) is 1. The summed E-state index contributed by atoms with van der Waals surface area (Å²) in [6.07, 6.45) is 6.60. The van der Waals surface area contributed by atoms with E-state index >= 15 is 0 Å². The SMILES string of the molecule is COc1ccc(-c2cc(C(=O)OCC(=O)NC3CCCCCC3)c3ccccc3n2)cc1OC. The molecule has 0 unspecified atom stereocenters. The smallest absolute Gasteiger partial charge is 0.339 e. The minimum absolute atomic E-state index is 0.159. The number of rotatable bonds is 7. The quantitative estimate of drug-likeness (QED) is 0.396. The van der Waals surface area contributed by atoms with Gasteiger partial charge in [0, 0.05) is 17.0 Å². The second-order valence-electron chi connectivity index (χ2n) is 8.47. The summed E-state index contributed by atoms with van der Waals surface area (Å²) in [5.41, 5.74) is 2.38. The maximum atomic E-state index is 13.0. The van der Waals surface area contributed by atoms with E-state index in [0.29, 0.717) is 33.7 Å². The number of benzene rings is 2. The molecular weight excluding hydrogens is 432 g/mol. The van der Waals surface area contributed by atoms with Crippen LogP contribution < -0.4 is 14.8 Å². The van der Waals surface area contributed by atoms with Gasteiger partial charge in [-0.1, -0.05) is 43.9 Å². The van der Waals surface area contributed by atoms with Crippen molar-refractivity contribution in [3.8, 4) is 22.8 Å². The Labute approximate surface area is 199 Å². The van der Waals surface area contributed by atoms with Gasteiger partial charge in [-0.2, -0.15) is 0 Å². The van der Waals surface area contributed by atoms with Crippen LogP contribution in [-0.4, -0.2) is 43.7 Å². The van der Waals surface area contributed by atoms with Gasteiger partial charge in [-0.05, 0) is 43.2 Å². The first-order valence-electron chi connectivity index (χ1n) is 11.7. The topological polar surface area (TPSA) is 86.8 Å². The largest absolute Gasteiger partial charge is 0.493 e. The highest BCUT2D eigenvalue weighted by Gasteiger charge is 2.19. The Morgan fingerprint density at radius 2 is 1.68 bits per heavy atom. The van der Waals surface area contributed by atoms with Crippen LogP contribution in [0, 0.1) is 0 Å². The third-order valence-electron chi connectivity index (χ3n) is 6.17. The number of fused-ring (bicyclic) bond motifs is 1. The minimum atomic E-state index is -0.559. The van der Waals surface area contributed by atoms with Gasteiger partial charge in [-0.25, -0.2) is 9.78 Å². The Morgan fingerprint density at radius 3 is 2.41 bits per heavy atom. The van der Waals surface area contributed by atoms with E-state index in [1.165, 1.54) is 12.8 Å². The van der Waals surface area contributed by atoms with Crippen molar-refractivity contribution >= 4 is 22.8 Å². The molecule has 0 spiro atoms. The van der Waals surface area contributed by atoms with Crippen molar-refractivity contribution in [1.29, 1.82) is 0 Å². The fraction of sp³-hybridized carbons (Fsp3) is 0.370. The number of nitrogens with one attached hydrogen (secondary N) is 1. The lowest BCUT2D eigenvalue weighted by molar-refractivity contribution is -0.125. The van der Waals surface area contributed by atoms with Crippen LogP contribution in [0.4, 0.5) is 0 Å². The zero-order chi connectivity index (χ0) is 23.9. The molecule has 0 radical (unpaired) electrons. The monoisotopic (exact) mass is 462 g/mol. The zero-order valence-corrected chi connectivity index (χ0v) is 19.6. The molecule has 0 saturated heterocycles. The Morgan fingerprint density at radius 1 is 0.941 bits per heavy atom. The normalized spacial score (nSPS) is 14.3. The number of para-hydroxylation sites is 1. The molecule has 0 aliphatic heterocycles. The predicted molar refractivity (Wildman–Crippen MR) is 130 cm³/mol. The van der Waals surface area contributed by atoms with Crippen LogP contribution in [0.3, 0.4) is 0 Å². The molecule has 2 aromatic carbocycles. The van der Waals surface area contributed by atoms with Gasteiger partial charge in [0.25, 0.3) is 5.91 Å². The molecule has 7 heteroatoms. The molecule has 1 aromatic heterocycles. The fourth-order valence-corrected chi connectivity index (χ4v) is 4.39. The number of hydrogen-bond acceptors (Lipinski definition) is 6. The summed E-state index contributed by atoms with van der Waals surface area (Å²) in [5.74, 6) is 0.343. The molecule has 1 aliphatic rings. The van der Waals surface area contributed by atoms with Crippen molar-refractivity contribution < 1.29 is 23.8 Å². The highest BCUT2D eigenvalue weighted by Crippen LogP contribution is 2.33. The van der Waals surface area contributed by atoms with Gasteiger partial charge in [-0.3, -0.25) is 4.79 Å². The lowest BCUT2D eigenvalue weighted by Gasteiger charge is -2.16. The molecule has 178 valence electrons. The Balaban J connectivity index is 1.55. The second kappa shape index (κ2) is 11.0. The Bertz CT molecular complexity index is 1170. The molecule has 0 bridgehead atoms. The van der Waals surface area contributed by atoms with Gasteiger partial charge < -0.3 is 19.5 Å². The second-order valence-corrected chi connectivity index (χ2v) is 8.47. The van der Waals surface area contributed by atoms with Crippen LogP contribution >= 0.6 is 0 Å². The van der Waals surface area contributed by atoms with E-state index < -0.39 is 5.97 Å². The molecule has 1 heterocycles. The summed E-state index contributed by atoms with van der Waals surface area (Å²) in [6.45, 7) is -0.308. The van der Waals surface area contributed by atoms with Crippen LogP contribution in [0.2, 0.25) is 0 Å². The highest BCUT2D eigenvalue weighted by atomic mass is 16.5. The maximum Gasteiger partial charge on any atom is 0.339 e. The zero-order valence-electron chi connectivity index (χ0n) is 19.6. The van der Waals surface area contributed by atoms with Crippen molar-refractivity contribution in [2.24, 2.45) is 0 Å². The molecule has 4 rings (SSSR count). The molecular formula is C27H30N2O5. The summed E-state index contributed by atoms with van der Waals surface area (Å²) < 4.78 is 16.1. The number of ether oxygens (including phenoxy) is 3. The van der Waals surface area contributed by atoms with Gasteiger partial charge in [0.15, 0.2) is 18.1 Å². The summed E-state index contributed by atoms with van der Waals surface area (Å²) in [6, 6.07) is 14.7. The van der Waals surface area contributed by atoms with E-state index in [9.17, 15) is 9.59 Å². The molecule has 34 heavy (non-hydrogen) atoms.